The van der Waals surface area contributed by atoms with E-state index in [1.165, 1.54) is 30.7 Å². The summed E-state index contributed by atoms with van der Waals surface area (Å²) in [6.07, 6.45) is 3.56. The van der Waals surface area contributed by atoms with Crippen LogP contribution in [0.15, 0.2) is 35.2 Å². The number of amides is 1. The lowest BCUT2D eigenvalue weighted by molar-refractivity contribution is 0.0946. The first-order valence-electron chi connectivity index (χ1n) is 9.47. The molecule has 2 aromatic rings. The number of nitrogens with one attached hydrogen (secondary N) is 1. The zero-order valence-electron chi connectivity index (χ0n) is 16.3. The average molecular weight is 420 g/mol. The minimum Gasteiger partial charge on any atom is -0.476 e. The van der Waals surface area contributed by atoms with Gasteiger partial charge in [-0.2, -0.15) is 4.98 Å². The van der Waals surface area contributed by atoms with Gasteiger partial charge in [-0.3, -0.25) is 4.79 Å². The number of piperidine rings is 1. The van der Waals surface area contributed by atoms with E-state index in [0.717, 1.165) is 31.7 Å². The average Bonchev–Trinajstić information content (AvgIpc) is 2.71. The highest BCUT2D eigenvalue weighted by Crippen LogP contribution is 2.21. The number of benzene rings is 1. The molecule has 1 saturated heterocycles. The number of carbonyl (C=O) groups excluding carboxylic acids is 1. The first-order valence-corrected chi connectivity index (χ1v) is 11.0. The first-order chi connectivity index (χ1) is 13.8. The molecule has 1 aliphatic heterocycles. The topological polar surface area (TPSA) is 128 Å². The van der Waals surface area contributed by atoms with Gasteiger partial charge in [-0.1, -0.05) is 0 Å². The SMILES string of the molecule is Cc1nc(OCCNC(=O)c2ccc(S(N)(=O)=O)cc2)cc(N2CCCCC2)n1. The lowest BCUT2D eigenvalue weighted by atomic mass is 10.1. The van der Waals surface area contributed by atoms with E-state index in [2.05, 4.69) is 20.2 Å². The molecule has 1 aromatic carbocycles. The minimum atomic E-state index is -3.78. The smallest absolute Gasteiger partial charge is 0.251 e. The number of rotatable bonds is 7. The molecule has 1 fully saturated rings. The van der Waals surface area contributed by atoms with Gasteiger partial charge >= 0.3 is 0 Å². The van der Waals surface area contributed by atoms with E-state index in [1.807, 2.05) is 13.0 Å². The predicted molar refractivity (Wildman–Crippen MR) is 108 cm³/mol. The highest BCUT2D eigenvalue weighted by molar-refractivity contribution is 7.89. The van der Waals surface area contributed by atoms with E-state index in [9.17, 15) is 13.2 Å². The lowest BCUT2D eigenvalue weighted by Crippen LogP contribution is -2.30. The first kappa shape index (κ1) is 21.0. The van der Waals surface area contributed by atoms with Gasteiger partial charge < -0.3 is 15.0 Å². The number of nitrogens with two attached hydrogens (primary N) is 1. The van der Waals surface area contributed by atoms with Crippen LogP contribution in [-0.4, -0.2) is 50.5 Å². The summed E-state index contributed by atoms with van der Waals surface area (Å²) in [4.78, 5) is 23.1. The largest absolute Gasteiger partial charge is 0.476 e. The van der Waals surface area contributed by atoms with Crippen LogP contribution in [0.5, 0.6) is 5.88 Å². The Morgan fingerprint density at radius 3 is 2.52 bits per heavy atom. The molecule has 29 heavy (non-hydrogen) atoms. The fraction of sp³-hybridized carbons (Fsp3) is 0.421. The van der Waals surface area contributed by atoms with Crippen molar-refractivity contribution in [1.29, 1.82) is 0 Å². The maximum Gasteiger partial charge on any atom is 0.251 e. The summed E-state index contributed by atoms with van der Waals surface area (Å²) >= 11 is 0. The molecule has 3 N–H and O–H groups in total. The summed E-state index contributed by atoms with van der Waals surface area (Å²) in [6.45, 7) is 4.31. The van der Waals surface area contributed by atoms with Crippen molar-refractivity contribution in [2.75, 3.05) is 31.1 Å². The molecule has 0 spiro atoms. The lowest BCUT2D eigenvalue weighted by Gasteiger charge is -2.28. The molecule has 156 valence electrons. The molecule has 0 bridgehead atoms. The third-order valence-corrected chi connectivity index (χ3v) is 5.49. The van der Waals surface area contributed by atoms with Gasteiger partial charge in [-0.05, 0) is 50.5 Å². The molecule has 1 amide bonds. The molecule has 9 nitrogen and oxygen atoms in total. The molecule has 10 heteroatoms. The van der Waals surface area contributed by atoms with E-state index in [1.54, 1.807) is 0 Å². The van der Waals surface area contributed by atoms with Gasteiger partial charge in [0.15, 0.2) is 0 Å². The third kappa shape index (κ3) is 5.88. The Hall–Kier alpha value is -2.72. The fourth-order valence-corrected chi connectivity index (χ4v) is 3.62. The summed E-state index contributed by atoms with van der Waals surface area (Å²) in [6, 6.07) is 7.24. The van der Waals surface area contributed by atoms with Gasteiger partial charge in [-0.15, -0.1) is 0 Å². The summed E-state index contributed by atoms with van der Waals surface area (Å²) in [5.41, 5.74) is 0.336. The van der Waals surface area contributed by atoms with Crippen molar-refractivity contribution < 1.29 is 17.9 Å². The number of aryl methyl sites for hydroxylation is 1. The van der Waals surface area contributed by atoms with Crippen LogP contribution in [0, 0.1) is 6.92 Å². The van der Waals surface area contributed by atoms with Crippen LogP contribution in [-0.2, 0) is 10.0 Å². The Morgan fingerprint density at radius 2 is 1.86 bits per heavy atom. The minimum absolute atomic E-state index is 0.0407. The molecule has 0 radical (unpaired) electrons. The monoisotopic (exact) mass is 419 g/mol. The second-order valence-corrected chi connectivity index (χ2v) is 8.39. The van der Waals surface area contributed by atoms with Crippen molar-refractivity contribution >= 4 is 21.7 Å². The summed E-state index contributed by atoms with van der Waals surface area (Å²) in [5.74, 6) is 1.65. The molecule has 0 aliphatic carbocycles. The van der Waals surface area contributed by atoms with Crippen LogP contribution in [0.25, 0.3) is 0 Å². The number of sulfonamides is 1. The van der Waals surface area contributed by atoms with Crippen LogP contribution in [0.1, 0.15) is 35.4 Å². The summed E-state index contributed by atoms with van der Waals surface area (Å²) in [5, 5.41) is 7.77. The quantitative estimate of drug-likeness (QED) is 0.646. The molecule has 0 saturated carbocycles. The highest BCUT2D eigenvalue weighted by atomic mass is 32.2. The van der Waals surface area contributed by atoms with E-state index >= 15 is 0 Å². The van der Waals surface area contributed by atoms with Gasteiger partial charge in [-0.25, -0.2) is 18.5 Å². The number of hydrogen-bond acceptors (Lipinski definition) is 7. The van der Waals surface area contributed by atoms with Crippen molar-refractivity contribution in [3.63, 3.8) is 0 Å². The van der Waals surface area contributed by atoms with E-state index in [-0.39, 0.29) is 24.0 Å². The summed E-state index contributed by atoms with van der Waals surface area (Å²) < 4.78 is 28.2. The van der Waals surface area contributed by atoms with Crippen LogP contribution >= 0.6 is 0 Å². The molecule has 3 rings (SSSR count). The molecule has 0 atom stereocenters. The summed E-state index contributed by atoms with van der Waals surface area (Å²) in [7, 11) is -3.78. The number of carbonyl (C=O) groups is 1. The fourth-order valence-electron chi connectivity index (χ4n) is 3.10. The Kier molecular flexibility index (Phi) is 6.65. The van der Waals surface area contributed by atoms with E-state index < -0.39 is 10.0 Å². The van der Waals surface area contributed by atoms with Gasteiger partial charge in [0.1, 0.15) is 18.2 Å². The number of hydrogen-bond donors (Lipinski definition) is 2. The Labute approximate surface area is 170 Å². The van der Waals surface area contributed by atoms with Crippen LogP contribution in [0.2, 0.25) is 0 Å². The molecule has 1 aliphatic rings. The normalized spacial score (nSPS) is 14.5. The zero-order valence-corrected chi connectivity index (χ0v) is 17.1. The van der Waals surface area contributed by atoms with Crippen LogP contribution < -0.4 is 20.1 Å². The predicted octanol–water partition coefficient (Wildman–Crippen LogP) is 1.23. The second kappa shape index (κ2) is 9.19. The maximum atomic E-state index is 12.2. The molecule has 1 aromatic heterocycles. The highest BCUT2D eigenvalue weighted by Gasteiger charge is 2.14. The zero-order chi connectivity index (χ0) is 20.9. The van der Waals surface area contributed by atoms with E-state index in [0.29, 0.717) is 17.3 Å². The van der Waals surface area contributed by atoms with Crippen molar-refractivity contribution in [1.82, 2.24) is 15.3 Å². The number of nitrogens with zero attached hydrogens (tertiary/aromatic N) is 3. The van der Waals surface area contributed by atoms with Crippen molar-refractivity contribution in [2.24, 2.45) is 5.14 Å². The Morgan fingerprint density at radius 1 is 1.17 bits per heavy atom. The van der Waals surface area contributed by atoms with Crippen LogP contribution in [0.3, 0.4) is 0 Å². The number of anilines is 1. The standard InChI is InChI=1S/C19H25N5O4S/c1-14-22-17(24-10-3-2-4-11-24)13-18(23-14)28-12-9-21-19(25)15-5-7-16(8-6-15)29(20,26)27/h5-8,13H,2-4,9-12H2,1H3,(H,21,25)(H2,20,26,27). The van der Waals surface area contributed by atoms with Crippen molar-refractivity contribution in [3.8, 4) is 5.88 Å². The van der Waals surface area contributed by atoms with Gasteiger partial charge in [0.05, 0.1) is 11.4 Å². The second-order valence-electron chi connectivity index (χ2n) is 6.83. The van der Waals surface area contributed by atoms with Gasteiger partial charge in [0.2, 0.25) is 15.9 Å². The van der Waals surface area contributed by atoms with Gasteiger partial charge in [0, 0.05) is 24.7 Å². The maximum absolute atomic E-state index is 12.2. The molecule has 2 heterocycles. The van der Waals surface area contributed by atoms with Crippen LogP contribution in [0.4, 0.5) is 5.82 Å². The van der Waals surface area contributed by atoms with E-state index in [4.69, 9.17) is 9.88 Å². The van der Waals surface area contributed by atoms with Crippen molar-refractivity contribution in [3.05, 3.63) is 41.7 Å². The Bertz CT molecular complexity index is 957. The number of primary sulfonamides is 1. The van der Waals surface area contributed by atoms with Gasteiger partial charge in [0.25, 0.3) is 5.91 Å². The molecular formula is C19H25N5O4S. The van der Waals surface area contributed by atoms with Crippen molar-refractivity contribution in [2.45, 2.75) is 31.1 Å². The third-order valence-electron chi connectivity index (χ3n) is 4.56. The molecular weight excluding hydrogens is 394 g/mol. The number of ether oxygens (including phenoxy) is 1. The Balaban J connectivity index is 1.51. The molecule has 0 unspecified atom stereocenters. The number of aromatic nitrogens is 2.